The summed E-state index contributed by atoms with van der Waals surface area (Å²) in [6.07, 6.45) is 3.54. The predicted molar refractivity (Wildman–Crippen MR) is 79.8 cm³/mol. The molecule has 1 unspecified atom stereocenters. The van der Waals surface area contributed by atoms with Crippen LogP contribution in [0.4, 0.5) is 0 Å². The summed E-state index contributed by atoms with van der Waals surface area (Å²) >= 11 is 0. The Balaban J connectivity index is 1.78. The maximum absolute atomic E-state index is 12.0. The van der Waals surface area contributed by atoms with Crippen molar-refractivity contribution >= 4 is 5.91 Å². The Kier molecular flexibility index (Phi) is 4.81. The molecule has 0 bridgehead atoms. The Morgan fingerprint density at radius 1 is 1.50 bits per heavy atom. The van der Waals surface area contributed by atoms with Gasteiger partial charge >= 0.3 is 0 Å². The lowest BCUT2D eigenvalue weighted by molar-refractivity contribution is 0.0945. The van der Waals surface area contributed by atoms with Crippen molar-refractivity contribution in [1.82, 2.24) is 20.8 Å². The second kappa shape index (κ2) is 6.39. The molecular weight excluding hydrogens is 252 g/mol. The van der Waals surface area contributed by atoms with Crippen molar-refractivity contribution in [3.63, 3.8) is 0 Å². The van der Waals surface area contributed by atoms with Crippen LogP contribution in [0, 0.1) is 5.92 Å². The van der Waals surface area contributed by atoms with Crippen molar-refractivity contribution in [2.45, 2.75) is 45.4 Å². The molecule has 1 aromatic rings. The van der Waals surface area contributed by atoms with Gasteiger partial charge in [0.15, 0.2) is 0 Å². The molecule has 1 saturated heterocycles. The number of carbonyl (C=O) groups excluding carboxylic acids is 1. The lowest BCUT2D eigenvalue weighted by atomic mass is 9.92. The molecule has 0 saturated carbocycles. The number of aromatic nitrogens is 2. The first-order chi connectivity index (χ1) is 9.47. The van der Waals surface area contributed by atoms with Gasteiger partial charge in [-0.2, -0.15) is 5.10 Å². The SMILES string of the molecule is CC(C)(C)c1cc(C(=O)NCCC2CCCNC2)n[nH]1. The Morgan fingerprint density at radius 2 is 2.30 bits per heavy atom. The second-order valence-electron chi connectivity index (χ2n) is 6.67. The molecule has 2 heterocycles. The molecule has 0 radical (unpaired) electrons. The summed E-state index contributed by atoms with van der Waals surface area (Å²) in [5, 5.41) is 13.4. The molecule has 1 aliphatic heterocycles. The Hall–Kier alpha value is -1.36. The highest BCUT2D eigenvalue weighted by Crippen LogP contribution is 2.20. The largest absolute Gasteiger partial charge is 0.351 e. The summed E-state index contributed by atoms with van der Waals surface area (Å²) < 4.78 is 0. The van der Waals surface area contributed by atoms with E-state index in [1.54, 1.807) is 0 Å². The van der Waals surface area contributed by atoms with Crippen LogP contribution in [0.1, 0.15) is 56.2 Å². The lowest BCUT2D eigenvalue weighted by Crippen LogP contribution is -2.33. The Morgan fingerprint density at radius 3 is 2.90 bits per heavy atom. The predicted octanol–water partition coefficient (Wildman–Crippen LogP) is 1.83. The summed E-state index contributed by atoms with van der Waals surface area (Å²) in [6, 6.07) is 1.84. The molecule has 0 aliphatic carbocycles. The molecule has 1 atom stereocenters. The first kappa shape index (κ1) is 15.0. The fraction of sp³-hybridized carbons (Fsp3) is 0.733. The molecule has 5 nitrogen and oxygen atoms in total. The molecule has 1 amide bonds. The summed E-state index contributed by atoms with van der Waals surface area (Å²) in [6.45, 7) is 9.22. The van der Waals surface area contributed by atoms with Gasteiger partial charge in [-0.05, 0) is 44.3 Å². The zero-order valence-corrected chi connectivity index (χ0v) is 12.8. The van der Waals surface area contributed by atoms with Gasteiger partial charge in [0.05, 0.1) is 0 Å². The number of carbonyl (C=O) groups is 1. The number of nitrogens with one attached hydrogen (secondary N) is 3. The number of hydrogen-bond donors (Lipinski definition) is 3. The second-order valence-corrected chi connectivity index (χ2v) is 6.67. The number of piperidine rings is 1. The van der Waals surface area contributed by atoms with Gasteiger partial charge in [-0.15, -0.1) is 0 Å². The highest BCUT2D eigenvalue weighted by atomic mass is 16.1. The number of aromatic amines is 1. The minimum atomic E-state index is -0.0829. The number of hydrogen-bond acceptors (Lipinski definition) is 3. The molecular formula is C15H26N4O. The lowest BCUT2D eigenvalue weighted by Gasteiger charge is -2.22. The van der Waals surface area contributed by atoms with Gasteiger partial charge < -0.3 is 10.6 Å². The zero-order valence-electron chi connectivity index (χ0n) is 12.8. The Labute approximate surface area is 120 Å². The first-order valence-corrected chi connectivity index (χ1v) is 7.51. The summed E-state index contributed by atoms with van der Waals surface area (Å²) in [5.41, 5.74) is 1.45. The highest BCUT2D eigenvalue weighted by molar-refractivity contribution is 5.92. The molecule has 1 aliphatic rings. The molecule has 112 valence electrons. The van der Waals surface area contributed by atoms with Crippen molar-refractivity contribution in [2.24, 2.45) is 5.92 Å². The van der Waals surface area contributed by atoms with Crippen LogP contribution in [0.25, 0.3) is 0 Å². The standard InChI is InChI=1S/C15H26N4O/c1-15(2,3)13-9-12(18-19-13)14(20)17-8-6-11-5-4-7-16-10-11/h9,11,16H,4-8,10H2,1-3H3,(H,17,20)(H,18,19). The van der Waals surface area contributed by atoms with E-state index in [-0.39, 0.29) is 11.3 Å². The van der Waals surface area contributed by atoms with E-state index in [1.807, 2.05) is 6.07 Å². The molecule has 1 aromatic heterocycles. The molecule has 0 spiro atoms. The van der Waals surface area contributed by atoms with Crippen LogP contribution < -0.4 is 10.6 Å². The van der Waals surface area contributed by atoms with E-state index in [0.717, 1.165) is 31.7 Å². The van der Waals surface area contributed by atoms with Crippen molar-refractivity contribution in [3.8, 4) is 0 Å². The van der Waals surface area contributed by atoms with E-state index < -0.39 is 0 Å². The van der Waals surface area contributed by atoms with E-state index >= 15 is 0 Å². The molecule has 0 aromatic carbocycles. The van der Waals surface area contributed by atoms with E-state index in [9.17, 15) is 4.79 Å². The quantitative estimate of drug-likeness (QED) is 0.787. The van der Waals surface area contributed by atoms with Crippen LogP contribution in [-0.2, 0) is 5.41 Å². The van der Waals surface area contributed by atoms with Crippen molar-refractivity contribution < 1.29 is 4.79 Å². The van der Waals surface area contributed by atoms with E-state index in [0.29, 0.717) is 11.6 Å². The molecule has 1 fully saturated rings. The fourth-order valence-electron chi connectivity index (χ4n) is 2.47. The maximum atomic E-state index is 12.0. The smallest absolute Gasteiger partial charge is 0.271 e. The molecule has 5 heteroatoms. The van der Waals surface area contributed by atoms with Gasteiger partial charge in [0.25, 0.3) is 5.91 Å². The van der Waals surface area contributed by atoms with Gasteiger partial charge in [-0.25, -0.2) is 0 Å². The molecule has 3 N–H and O–H groups in total. The van der Waals surface area contributed by atoms with Gasteiger partial charge in [0.1, 0.15) is 5.69 Å². The van der Waals surface area contributed by atoms with Gasteiger partial charge in [0, 0.05) is 17.7 Å². The summed E-state index contributed by atoms with van der Waals surface area (Å²) in [4.78, 5) is 12.0. The van der Waals surface area contributed by atoms with E-state index in [2.05, 4.69) is 41.6 Å². The summed E-state index contributed by atoms with van der Waals surface area (Å²) in [7, 11) is 0. The third-order valence-electron chi connectivity index (χ3n) is 3.86. The van der Waals surface area contributed by atoms with Gasteiger partial charge in [0.2, 0.25) is 0 Å². The Bertz CT molecular complexity index is 441. The van der Waals surface area contributed by atoms with Crippen LogP contribution in [-0.4, -0.2) is 35.7 Å². The monoisotopic (exact) mass is 278 g/mol. The number of amides is 1. The minimum absolute atomic E-state index is 0.0146. The third-order valence-corrected chi connectivity index (χ3v) is 3.86. The van der Waals surface area contributed by atoms with Crippen LogP contribution >= 0.6 is 0 Å². The van der Waals surface area contributed by atoms with Crippen molar-refractivity contribution in [2.75, 3.05) is 19.6 Å². The third kappa shape index (κ3) is 4.07. The molecule has 2 rings (SSSR count). The van der Waals surface area contributed by atoms with Crippen LogP contribution in [0.2, 0.25) is 0 Å². The normalized spacial score (nSPS) is 19.9. The zero-order chi connectivity index (χ0) is 14.6. The van der Waals surface area contributed by atoms with E-state index in [1.165, 1.54) is 12.8 Å². The van der Waals surface area contributed by atoms with Gasteiger partial charge in [-0.3, -0.25) is 9.89 Å². The fourth-order valence-corrected chi connectivity index (χ4v) is 2.47. The average molecular weight is 278 g/mol. The van der Waals surface area contributed by atoms with E-state index in [4.69, 9.17) is 0 Å². The maximum Gasteiger partial charge on any atom is 0.271 e. The topological polar surface area (TPSA) is 69.8 Å². The van der Waals surface area contributed by atoms with Crippen molar-refractivity contribution in [1.29, 1.82) is 0 Å². The number of H-pyrrole nitrogens is 1. The molecule has 20 heavy (non-hydrogen) atoms. The number of nitrogens with zero attached hydrogens (tertiary/aromatic N) is 1. The van der Waals surface area contributed by atoms with Crippen LogP contribution in [0.15, 0.2) is 6.07 Å². The van der Waals surface area contributed by atoms with Gasteiger partial charge in [-0.1, -0.05) is 20.8 Å². The van der Waals surface area contributed by atoms with Crippen molar-refractivity contribution in [3.05, 3.63) is 17.5 Å². The highest BCUT2D eigenvalue weighted by Gasteiger charge is 2.19. The number of rotatable bonds is 4. The average Bonchev–Trinajstić information content (AvgIpc) is 2.89. The minimum Gasteiger partial charge on any atom is -0.351 e. The van der Waals surface area contributed by atoms with Crippen LogP contribution in [0.3, 0.4) is 0 Å². The summed E-state index contributed by atoms with van der Waals surface area (Å²) in [5.74, 6) is 0.605. The van der Waals surface area contributed by atoms with Crippen LogP contribution in [0.5, 0.6) is 0 Å². The first-order valence-electron chi connectivity index (χ1n) is 7.51.